The normalized spacial score (nSPS) is 10.3. The first-order valence-electron chi connectivity index (χ1n) is 7.59. The smallest absolute Gasteiger partial charge is 0.355 e. The van der Waals surface area contributed by atoms with E-state index in [9.17, 15) is 24.4 Å². The first-order valence-corrected chi connectivity index (χ1v) is 7.59. The maximum atomic E-state index is 12.7. The third-order valence-corrected chi connectivity index (χ3v) is 3.58. The SMILES string of the molecule is COC(=O)c1[nH]c(=O)c(C#N)c(C(=O)OC)c1C(=O)C=Cc1ccccc1. The van der Waals surface area contributed by atoms with Gasteiger partial charge < -0.3 is 14.5 Å². The van der Waals surface area contributed by atoms with Crippen LogP contribution in [0.4, 0.5) is 0 Å². The highest BCUT2D eigenvalue weighted by molar-refractivity contribution is 6.17. The first-order chi connectivity index (χ1) is 12.9. The number of aromatic amines is 1. The molecule has 0 amide bonds. The zero-order valence-electron chi connectivity index (χ0n) is 14.4. The molecule has 0 unspecified atom stereocenters. The fourth-order valence-electron chi connectivity index (χ4n) is 2.34. The van der Waals surface area contributed by atoms with Gasteiger partial charge in [-0.1, -0.05) is 36.4 Å². The van der Waals surface area contributed by atoms with Crippen LogP contribution in [0.25, 0.3) is 6.08 Å². The van der Waals surface area contributed by atoms with Crippen LogP contribution in [0, 0.1) is 11.3 Å². The lowest BCUT2D eigenvalue weighted by Crippen LogP contribution is -2.27. The number of nitrogens with one attached hydrogen (secondary N) is 1. The first kappa shape index (κ1) is 19.3. The van der Waals surface area contributed by atoms with Crippen molar-refractivity contribution in [1.82, 2.24) is 4.98 Å². The molecule has 8 heteroatoms. The minimum atomic E-state index is -1.10. The molecule has 0 radical (unpaired) electrons. The van der Waals surface area contributed by atoms with Crippen molar-refractivity contribution < 1.29 is 23.9 Å². The summed E-state index contributed by atoms with van der Waals surface area (Å²) in [6.45, 7) is 0. The molecule has 0 saturated heterocycles. The van der Waals surface area contributed by atoms with E-state index in [2.05, 4.69) is 14.5 Å². The number of pyridine rings is 1. The molecule has 8 nitrogen and oxygen atoms in total. The van der Waals surface area contributed by atoms with E-state index in [1.54, 1.807) is 36.4 Å². The Morgan fingerprint density at radius 1 is 1.04 bits per heavy atom. The summed E-state index contributed by atoms with van der Waals surface area (Å²) >= 11 is 0. The zero-order chi connectivity index (χ0) is 20.0. The minimum Gasteiger partial charge on any atom is -0.465 e. The van der Waals surface area contributed by atoms with Gasteiger partial charge in [0.25, 0.3) is 5.56 Å². The number of hydrogen-bond donors (Lipinski definition) is 1. The summed E-state index contributed by atoms with van der Waals surface area (Å²) in [6.07, 6.45) is 2.57. The van der Waals surface area contributed by atoms with Crippen LogP contribution in [0.1, 0.15) is 42.3 Å². The molecule has 0 bridgehead atoms. The van der Waals surface area contributed by atoms with E-state index in [4.69, 9.17) is 0 Å². The number of H-pyrrole nitrogens is 1. The monoisotopic (exact) mass is 366 g/mol. The fourth-order valence-corrected chi connectivity index (χ4v) is 2.34. The fraction of sp³-hybridized carbons (Fsp3) is 0.105. The van der Waals surface area contributed by atoms with Crippen LogP contribution in [-0.2, 0) is 9.47 Å². The summed E-state index contributed by atoms with van der Waals surface area (Å²) in [5.74, 6) is -2.93. The maximum absolute atomic E-state index is 12.7. The van der Waals surface area contributed by atoms with E-state index in [1.165, 1.54) is 6.08 Å². The van der Waals surface area contributed by atoms with Crippen LogP contribution >= 0.6 is 0 Å². The van der Waals surface area contributed by atoms with Crippen LogP contribution in [0.5, 0.6) is 0 Å². The predicted octanol–water partition coefficient (Wildman–Crippen LogP) is 1.72. The summed E-state index contributed by atoms with van der Waals surface area (Å²) in [5, 5.41) is 9.22. The molecular formula is C19H14N2O6. The number of ether oxygens (including phenoxy) is 2. The molecule has 1 aromatic heterocycles. The Morgan fingerprint density at radius 3 is 2.22 bits per heavy atom. The Morgan fingerprint density at radius 2 is 1.67 bits per heavy atom. The molecule has 136 valence electrons. The van der Waals surface area contributed by atoms with Crippen molar-refractivity contribution in [2.24, 2.45) is 0 Å². The molecule has 2 rings (SSSR count). The van der Waals surface area contributed by atoms with Gasteiger partial charge >= 0.3 is 11.9 Å². The molecule has 27 heavy (non-hydrogen) atoms. The van der Waals surface area contributed by atoms with Gasteiger partial charge in [0, 0.05) is 0 Å². The predicted molar refractivity (Wildman–Crippen MR) is 94.3 cm³/mol. The largest absolute Gasteiger partial charge is 0.465 e. The van der Waals surface area contributed by atoms with E-state index < -0.39 is 45.7 Å². The average Bonchev–Trinajstić information content (AvgIpc) is 2.70. The van der Waals surface area contributed by atoms with Gasteiger partial charge in [0.1, 0.15) is 17.3 Å². The van der Waals surface area contributed by atoms with Crippen LogP contribution < -0.4 is 5.56 Å². The number of nitriles is 1. The van der Waals surface area contributed by atoms with Crippen LogP contribution in [0.2, 0.25) is 0 Å². The van der Waals surface area contributed by atoms with Gasteiger partial charge in [-0.2, -0.15) is 5.26 Å². The number of ketones is 1. The number of allylic oxidation sites excluding steroid dienone is 1. The maximum Gasteiger partial charge on any atom is 0.355 e. The number of carbonyl (C=O) groups excluding carboxylic acids is 3. The van der Waals surface area contributed by atoms with Gasteiger partial charge in [0.2, 0.25) is 0 Å². The van der Waals surface area contributed by atoms with Gasteiger partial charge in [0.05, 0.1) is 25.3 Å². The lowest BCUT2D eigenvalue weighted by molar-refractivity contribution is 0.0587. The lowest BCUT2D eigenvalue weighted by atomic mass is 9.97. The number of esters is 2. The number of rotatable bonds is 5. The Hall–Kier alpha value is -3.99. The van der Waals surface area contributed by atoms with E-state index in [-0.39, 0.29) is 0 Å². The van der Waals surface area contributed by atoms with Crippen LogP contribution in [0.3, 0.4) is 0 Å². The quantitative estimate of drug-likeness (QED) is 0.485. The molecule has 0 aliphatic rings. The summed E-state index contributed by atoms with van der Waals surface area (Å²) in [6, 6.07) is 10.4. The molecular weight excluding hydrogens is 352 g/mol. The van der Waals surface area contributed by atoms with Gasteiger partial charge in [0.15, 0.2) is 5.78 Å². The van der Waals surface area contributed by atoms with E-state index in [0.717, 1.165) is 20.3 Å². The van der Waals surface area contributed by atoms with Crippen molar-refractivity contribution in [3.8, 4) is 6.07 Å². The van der Waals surface area contributed by atoms with Crippen molar-refractivity contribution in [1.29, 1.82) is 5.26 Å². The van der Waals surface area contributed by atoms with Crippen molar-refractivity contribution in [2.75, 3.05) is 14.2 Å². The molecule has 0 atom stereocenters. The van der Waals surface area contributed by atoms with Crippen molar-refractivity contribution in [3.05, 3.63) is 74.7 Å². The molecule has 1 N–H and O–H groups in total. The highest BCUT2D eigenvalue weighted by Gasteiger charge is 2.30. The Labute approximate surface area is 153 Å². The van der Waals surface area contributed by atoms with Crippen molar-refractivity contribution >= 4 is 23.8 Å². The molecule has 0 spiro atoms. The Balaban J connectivity index is 2.74. The highest BCUT2D eigenvalue weighted by atomic mass is 16.5. The number of benzene rings is 1. The lowest BCUT2D eigenvalue weighted by Gasteiger charge is -2.11. The van der Waals surface area contributed by atoms with Crippen LogP contribution in [0.15, 0.2) is 41.2 Å². The van der Waals surface area contributed by atoms with E-state index in [0.29, 0.717) is 5.56 Å². The third kappa shape index (κ3) is 3.99. The molecule has 1 aromatic carbocycles. The number of hydrogen-bond acceptors (Lipinski definition) is 7. The Bertz CT molecular complexity index is 1030. The molecule has 0 saturated carbocycles. The summed E-state index contributed by atoms with van der Waals surface area (Å²) in [4.78, 5) is 51.1. The van der Waals surface area contributed by atoms with Crippen molar-refractivity contribution in [3.63, 3.8) is 0 Å². The number of aromatic nitrogens is 1. The summed E-state index contributed by atoms with van der Waals surface area (Å²) < 4.78 is 9.15. The number of nitrogens with zero attached hydrogens (tertiary/aromatic N) is 1. The minimum absolute atomic E-state index is 0.475. The number of carbonyl (C=O) groups is 3. The number of methoxy groups -OCH3 is 2. The summed E-state index contributed by atoms with van der Waals surface area (Å²) in [7, 11) is 2.07. The highest BCUT2D eigenvalue weighted by Crippen LogP contribution is 2.19. The summed E-state index contributed by atoms with van der Waals surface area (Å²) in [5.41, 5.74) is -2.56. The molecule has 1 heterocycles. The van der Waals surface area contributed by atoms with Crippen LogP contribution in [-0.4, -0.2) is 36.9 Å². The Kier molecular flexibility index (Phi) is 6.02. The average molecular weight is 366 g/mol. The second kappa shape index (κ2) is 8.40. The molecule has 0 aliphatic carbocycles. The second-order valence-electron chi connectivity index (χ2n) is 5.16. The standard InChI is InChI=1S/C19H14N2O6/c1-26-18(24)14-12(10-20)17(23)21-16(19(25)27-2)15(14)13(22)9-8-11-6-4-3-5-7-11/h3-9H,1-2H3,(H,21,23). The third-order valence-electron chi connectivity index (χ3n) is 3.58. The molecule has 0 aliphatic heterocycles. The van der Waals surface area contributed by atoms with E-state index in [1.807, 2.05) is 0 Å². The van der Waals surface area contributed by atoms with Gasteiger partial charge in [-0.15, -0.1) is 0 Å². The second-order valence-corrected chi connectivity index (χ2v) is 5.16. The van der Waals surface area contributed by atoms with Gasteiger partial charge in [-0.05, 0) is 11.6 Å². The molecule has 0 fully saturated rings. The molecule has 2 aromatic rings. The van der Waals surface area contributed by atoms with Gasteiger partial charge in [-0.25, -0.2) is 9.59 Å². The van der Waals surface area contributed by atoms with E-state index >= 15 is 0 Å². The van der Waals surface area contributed by atoms with Crippen molar-refractivity contribution in [2.45, 2.75) is 0 Å². The zero-order valence-corrected chi connectivity index (χ0v) is 14.4. The van der Waals surface area contributed by atoms with Gasteiger partial charge in [-0.3, -0.25) is 9.59 Å². The topological polar surface area (TPSA) is 126 Å².